The van der Waals surface area contributed by atoms with Gasteiger partial charge in [-0.3, -0.25) is 0 Å². The molecule has 1 unspecified atom stereocenters. The third-order valence-corrected chi connectivity index (χ3v) is 4.27. The second-order valence-corrected chi connectivity index (χ2v) is 5.97. The summed E-state index contributed by atoms with van der Waals surface area (Å²) >= 11 is 0. The van der Waals surface area contributed by atoms with Gasteiger partial charge in [-0.1, -0.05) is 32.1 Å². The van der Waals surface area contributed by atoms with Gasteiger partial charge in [-0.05, 0) is 44.0 Å². The third-order valence-electron chi connectivity index (χ3n) is 4.27. The Hall–Kier alpha value is -1.00. The van der Waals surface area contributed by atoms with Crippen molar-refractivity contribution in [1.82, 2.24) is 5.32 Å². The molecular formula is C17H25F2NO. The smallest absolute Gasteiger partial charge is 0.129 e. The van der Waals surface area contributed by atoms with Crippen LogP contribution >= 0.6 is 0 Å². The number of halogens is 2. The first-order valence-corrected chi connectivity index (χ1v) is 8.03. The first-order chi connectivity index (χ1) is 10.2. The van der Waals surface area contributed by atoms with Gasteiger partial charge in [0.25, 0.3) is 0 Å². The molecule has 0 aromatic heterocycles. The molecule has 0 bridgehead atoms. The number of benzene rings is 1. The summed E-state index contributed by atoms with van der Waals surface area (Å²) in [5.41, 5.74) is 0.0504. The zero-order valence-electron chi connectivity index (χ0n) is 12.5. The van der Waals surface area contributed by atoms with E-state index < -0.39 is 17.7 Å². The summed E-state index contributed by atoms with van der Waals surface area (Å²) in [7, 11) is 0. The summed E-state index contributed by atoms with van der Waals surface area (Å²) in [5.74, 6) is -1.06. The molecule has 0 amide bonds. The molecule has 1 aromatic rings. The summed E-state index contributed by atoms with van der Waals surface area (Å²) in [5, 5.41) is 13.5. The Bertz CT molecular complexity index is 431. The third kappa shape index (κ3) is 5.36. The highest BCUT2D eigenvalue weighted by Gasteiger charge is 2.15. The molecule has 1 aromatic carbocycles. The molecule has 4 heteroatoms. The Morgan fingerprint density at radius 2 is 1.76 bits per heavy atom. The molecule has 0 aliphatic heterocycles. The molecule has 2 N–H and O–H groups in total. The molecule has 0 saturated heterocycles. The lowest BCUT2D eigenvalue weighted by Crippen LogP contribution is -2.31. The van der Waals surface area contributed by atoms with Crippen molar-refractivity contribution in [2.45, 2.75) is 63.5 Å². The summed E-state index contributed by atoms with van der Waals surface area (Å²) in [4.78, 5) is 0. The van der Waals surface area contributed by atoms with Gasteiger partial charge in [0.05, 0.1) is 6.10 Å². The second-order valence-electron chi connectivity index (χ2n) is 5.97. The Morgan fingerprint density at radius 1 is 1.10 bits per heavy atom. The fourth-order valence-electron chi connectivity index (χ4n) is 3.01. The van der Waals surface area contributed by atoms with Gasteiger partial charge in [0.15, 0.2) is 0 Å². The van der Waals surface area contributed by atoms with E-state index in [9.17, 15) is 13.9 Å². The van der Waals surface area contributed by atoms with Crippen LogP contribution in [0.3, 0.4) is 0 Å². The van der Waals surface area contributed by atoms with Crippen molar-refractivity contribution in [1.29, 1.82) is 0 Å². The van der Waals surface area contributed by atoms with E-state index in [4.69, 9.17) is 0 Å². The van der Waals surface area contributed by atoms with Crippen LogP contribution in [0.15, 0.2) is 18.2 Å². The van der Waals surface area contributed by atoms with Crippen molar-refractivity contribution in [2.24, 2.45) is 0 Å². The van der Waals surface area contributed by atoms with Gasteiger partial charge in [-0.2, -0.15) is 0 Å². The number of nitrogens with one attached hydrogen (secondary N) is 1. The molecule has 21 heavy (non-hydrogen) atoms. The molecular weight excluding hydrogens is 272 g/mol. The molecule has 0 spiro atoms. The van der Waals surface area contributed by atoms with E-state index in [1.807, 2.05) is 0 Å². The monoisotopic (exact) mass is 297 g/mol. The van der Waals surface area contributed by atoms with E-state index >= 15 is 0 Å². The van der Waals surface area contributed by atoms with Crippen molar-refractivity contribution in [2.75, 3.05) is 6.54 Å². The zero-order valence-corrected chi connectivity index (χ0v) is 12.5. The molecule has 1 atom stereocenters. The van der Waals surface area contributed by atoms with Crippen molar-refractivity contribution in [3.8, 4) is 0 Å². The lowest BCUT2D eigenvalue weighted by atomic mass is 9.96. The van der Waals surface area contributed by atoms with Crippen LogP contribution < -0.4 is 5.32 Å². The summed E-state index contributed by atoms with van der Waals surface area (Å²) < 4.78 is 26.7. The van der Waals surface area contributed by atoms with E-state index in [1.54, 1.807) is 0 Å². The summed E-state index contributed by atoms with van der Waals surface area (Å²) in [6.45, 7) is 0.627. The van der Waals surface area contributed by atoms with Gasteiger partial charge in [0.2, 0.25) is 0 Å². The Morgan fingerprint density at radius 3 is 2.48 bits per heavy atom. The number of aliphatic hydroxyl groups is 1. The molecule has 1 aliphatic carbocycles. The number of hydrogen-bond acceptors (Lipinski definition) is 2. The molecule has 0 heterocycles. The minimum atomic E-state index is -0.957. The molecule has 0 radical (unpaired) electrons. The maximum Gasteiger partial charge on any atom is 0.129 e. The lowest BCUT2D eigenvalue weighted by Gasteiger charge is -2.22. The van der Waals surface area contributed by atoms with Crippen LogP contribution in [0.25, 0.3) is 0 Å². The Balaban J connectivity index is 1.77. The van der Waals surface area contributed by atoms with Gasteiger partial charge in [-0.15, -0.1) is 0 Å². The van der Waals surface area contributed by atoms with Gasteiger partial charge in [0, 0.05) is 11.6 Å². The molecule has 2 rings (SSSR count). The van der Waals surface area contributed by atoms with Crippen LogP contribution in [0.5, 0.6) is 0 Å². The van der Waals surface area contributed by atoms with E-state index in [-0.39, 0.29) is 5.56 Å². The molecule has 1 fully saturated rings. The minimum Gasteiger partial charge on any atom is -0.388 e. The SMILES string of the molecule is OC(CCNC1CCCCCCC1)c1cc(F)ccc1F. The minimum absolute atomic E-state index is 0.0504. The average molecular weight is 297 g/mol. The second kappa shape index (κ2) is 8.44. The van der Waals surface area contributed by atoms with Crippen LogP contribution in [0.2, 0.25) is 0 Å². The van der Waals surface area contributed by atoms with Crippen LogP contribution in [-0.4, -0.2) is 17.7 Å². The van der Waals surface area contributed by atoms with Crippen LogP contribution in [0.1, 0.15) is 63.0 Å². The van der Waals surface area contributed by atoms with Crippen molar-refractivity contribution in [3.05, 3.63) is 35.4 Å². The first kappa shape index (κ1) is 16.4. The molecule has 118 valence electrons. The van der Waals surface area contributed by atoms with Crippen LogP contribution in [-0.2, 0) is 0 Å². The first-order valence-electron chi connectivity index (χ1n) is 8.03. The maximum absolute atomic E-state index is 13.6. The normalized spacial score (nSPS) is 19.0. The van der Waals surface area contributed by atoms with E-state index in [2.05, 4.69) is 5.32 Å². The average Bonchev–Trinajstić information content (AvgIpc) is 2.43. The van der Waals surface area contributed by atoms with Gasteiger partial charge in [0.1, 0.15) is 11.6 Å². The Labute approximate surface area is 125 Å². The summed E-state index contributed by atoms with van der Waals surface area (Å²) in [6.07, 6.45) is 8.22. The number of rotatable bonds is 5. The van der Waals surface area contributed by atoms with Gasteiger partial charge >= 0.3 is 0 Å². The predicted octanol–water partition coefficient (Wildman–Crippen LogP) is 4.09. The number of aliphatic hydroxyl groups excluding tert-OH is 1. The predicted molar refractivity (Wildman–Crippen MR) is 80.0 cm³/mol. The highest BCUT2D eigenvalue weighted by Crippen LogP contribution is 2.21. The van der Waals surface area contributed by atoms with E-state index in [0.717, 1.165) is 18.2 Å². The Kier molecular flexibility index (Phi) is 6.58. The standard InChI is InChI=1S/C17H25F2NO/c18-13-8-9-16(19)15(12-13)17(21)10-11-20-14-6-4-2-1-3-5-7-14/h8-9,12,14,17,20-21H,1-7,10-11H2. The van der Waals surface area contributed by atoms with Crippen LogP contribution in [0, 0.1) is 11.6 Å². The van der Waals surface area contributed by atoms with E-state index in [0.29, 0.717) is 19.0 Å². The maximum atomic E-state index is 13.6. The van der Waals surface area contributed by atoms with Crippen molar-refractivity contribution < 1.29 is 13.9 Å². The zero-order chi connectivity index (χ0) is 15.1. The molecule has 2 nitrogen and oxygen atoms in total. The van der Waals surface area contributed by atoms with E-state index in [1.165, 1.54) is 44.9 Å². The lowest BCUT2D eigenvalue weighted by molar-refractivity contribution is 0.159. The van der Waals surface area contributed by atoms with Gasteiger partial charge in [-0.25, -0.2) is 8.78 Å². The fourth-order valence-corrected chi connectivity index (χ4v) is 3.01. The molecule has 1 saturated carbocycles. The highest BCUT2D eigenvalue weighted by molar-refractivity contribution is 5.21. The number of hydrogen-bond donors (Lipinski definition) is 2. The molecule has 1 aliphatic rings. The topological polar surface area (TPSA) is 32.3 Å². The fraction of sp³-hybridized carbons (Fsp3) is 0.647. The van der Waals surface area contributed by atoms with Crippen molar-refractivity contribution in [3.63, 3.8) is 0 Å². The summed E-state index contributed by atoms with van der Waals surface area (Å²) in [6, 6.07) is 3.71. The van der Waals surface area contributed by atoms with Gasteiger partial charge < -0.3 is 10.4 Å². The highest BCUT2D eigenvalue weighted by atomic mass is 19.1. The van der Waals surface area contributed by atoms with Crippen LogP contribution in [0.4, 0.5) is 8.78 Å². The largest absolute Gasteiger partial charge is 0.388 e. The van der Waals surface area contributed by atoms with Crippen molar-refractivity contribution >= 4 is 0 Å². The quantitative estimate of drug-likeness (QED) is 0.858.